The number of aliphatic hydroxyl groups excluding tert-OH is 3. The molecule has 4 unspecified atom stereocenters. The van der Waals surface area contributed by atoms with Crippen LogP contribution in [0.1, 0.15) is 43.0 Å². The summed E-state index contributed by atoms with van der Waals surface area (Å²) < 4.78 is 40.8. The highest BCUT2D eigenvalue weighted by Gasteiger charge is 2.34. The van der Waals surface area contributed by atoms with E-state index >= 15 is 0 Å². The lowest BCUT2D eigenvalue weighted by atomic mass is 10.4. The number of H-pyrrole nitrogens is 1. The predicted octanol–water partition coefficient (Wildman–Crippen LogP) is 1.66. The second-order valence-electron chi connectivity index (χ2n) is 14.7. The Hall–Kier alpha value is -5.56. The number of epoxide rings is 1. The summed E-state index contributed by atoms with van der Waals surface area (Å²) in [5.74, 6) is -1.44. The molecule has 4 aromatic heterocycles. The number of ether oxygens (including phenoxy) is 7. The van der Waals surface area contributed by atoms with Gasteiger partial charge in [0.1, 0.15) is 24.1 Å². The van der Waals surface area contributed by atoms with Gasteiger partial charge in [0.25, 0.3) is 0 Å². The second-order valence-corrected chi connectivity index (χ2v) is 14.7. The summed E-state index contributed by atoms with van der Waals surface area (Å²) in [7, 11) is 3.23. The van der Waals surface area contributed by atoms with Gasteiger partial charge in [0.15, 0.2) is 17.4 Å². The number of hydrogen-bond acceptors (Lipinski definition) is 21. The summed E-state index contributed by atoms with van der Waals surface area (Å²) in [5, 5.41) is 73.0. The summed E-state index contributed by atoms with van der Waals surface area (Å²) in [6, 6.07) is 5.64. The van der Waals surface area contributed by atoms with Gasteiger partial charge in [-0.25, -0.2) is 0 Å². The fourth-order valence-electron chi connectivity index (χ4n) is 4.58. The van der Waals surface area contributed by atoms with Gasteiger partial charge in [-0.15, -0.1) is 5.10 Å². The van der Waals surface area contributed by atoms with Crippen LogP contribution in [0.3, 0.4) is 0 Å². The third kappa shape index (κ3) is 21.9. The molecule has 4 atom stereocenters. The molecule has 3 aliphatic rings. The van der Waals surface area contributed by atoms with E-state index in [2.05, 4.69) is 30.2 Å². The topological polar surface area (TPSA) is 366 Å². The molecule has 3 saturated heterocycles. The van der Waals surface area contributed by atoms with Gasteiger partial charge < -0.3 is 84.6 Å². The zero-order valence-corrected chi connectivity index (χ0v) is 36.3. The summed E-state index contributed by atoms with van der Waals surface area (Å²) in [6.07, 6.45) is 5.29. The normalized spacial score (nSPS) is 19.4. The molecule has 0 amide bonds. The van der Waals surface area contributed by atoms with Crippen LogP contribution in [0.25, 0.3) is 0 Å². The lowest BCUT2D eigenvalue weighted by Gasteiger charge is -2.19. The third-order valence-corrected chi connectivity index (χ3v) is 8.09. The summed E-state index contributed by atoms with van der Waals surface area (Å²) in [4.78, 5) is 28.7. The number of nitrogens with zero attached hydrogens (tertiary/aromatic N) is 10. The highest BCUT2D eigenvalue weighted by Crippen LogP contribution is 2.24. The van der Waals surface area contributed by atoms with Crippen molar-refractivity contribution in [2.24, 2.45) is 0 Å². The van der Waals surface area contributed by atoms with Crippen LogP contribution < -0.4 is 5.73 Å². The second kappa shape index (κ2) is 25.5. The van der Waals surface area contributed by atoms with Crippen molar-refractivity contribution in [3.63, 3.8) is 0 Å². The Morgan fingerprint density at radius 3 is 1.59 bits per heavy atom. The first-order valence-corrected chi connectivity index (χ1v) is 19.0. The molecular formula is C35H60N12O16. The molecule has 0 saturated carbocycles. The maximum atomic E-state index is 10.4. The quantitative estimate of drug-likeness (QED) is 0.0551. The van der Waals surface area contributed by atoms with E-state index in [1.54, 1.807) is 31.2 Å². The maximum Gasteiger partial charge on any atom is 0.389 e. The number of nitro groups is 3. The standard InChI is InChI=1S/C9H13N3O4.C9H15N3O2.C6H9N3O4.C5H12O2.C3H3N3O2.C3H6O2.H2/c1-9(2)15-6-7(16-9)5-11-4-3-8(10-11)12(13)14;1-9(2)13-6-7(14-9)5-12-4-3-8(10)11-12;10-4-5(11)3-8-2-1-6(7-8)9(12)13;1-5(2,6-3)7-4;7-6(8)3-1-2-4-5-3;4-1-3-2-5-3;/h3-4,7H,5-6H2,1-2H3;3-4,7H,5-6H2,1-2H3,(H2,10,11);1-2,5,10-11H,3-4H2;1-4H3;1-2H,(H,4,5);3-4H,1-2H2;1H. The maximum absolute atomic E-state index is 10.4. The molecule has 63 heavy (non-hydrogen) atoms. The van der Waals surface area contributed by atoms with Crippen molar-refractivity contribution >= 4 is 23.3 Å². The number of aromatic amines is 1. The van der Waals surface area contributed by atoms with Crippen LogP contribution in [-0.2, 0) is 52.8 Å². The van der Waals surface area contributed by atoms with Crippen LogP contribution in [-0.4, -0.2) is 159 Å². The average Bonchev–Trinajstić information content (AvgIpc) is 3.90. The fourth-order valence-corrected chi connectivity index (χ4v) is 4.58. The number of nitrogens with one attached hydrogen (secondary N) is 1. The van der Waals surface area contributed by atoms with Crippen LogP contribution in [0.4, 0.5) is 23.3 Å². The van der Waals surface area contributed by atoms with E-state index in [0.717, 1.165) is 6.61 Å². The Labute approximate surface area is 362 Å². The number of aromatic nitrogens is 8. The van der Waals surface area contributed by atoms with Crippen LogP contribution >= 0.6 is 0 Å². The van der Waals surface area contributed by atoms with Crippen molar-refractivity contribution in [1.82, 2.24) is 39.5 Å². The van der Waals surface area contributed by atoms with Gasteiger partial charge in [0, 0.05) is 21.8 Å². The lowest BCUT2D eigenvalue weighted by molar-refractivity contribution is -0.390. The van der Waals surface area contributed by atoms with Gasteiger partial charge in [0.2, 0.25) is 0 Å². The number of anilines is 1. The smallest absolute Gasteiger partial charge is 0.389 e. The minimum Gasteiger partial charge on any atom is -0.394 e. The zero-order chi connectivity index (χ0) is 47.4. The molecule has 7 heterocycles. The molecule has 0 aliphatic carbocycles. The number of nitrogen functional groups attached to an aromatic ring is 1. The Kier molecular flexibility index (Phi) is 21.7. The van der Waals surface area contributed by atoms with Crippen molar-refractivity contribution in [2.75, 3.05) is 53.0 Å². The van der Waals surface area contributed by atoms with Crippen molar-refractivity contribution < 1.29 is 64.7 Å². The Balaban J connectivity index is 0.000000397. The van der Waals surface area contributed by atoms with Crippen molar-refractivity contribution in [2.45, 2.75) is 103 Å². The fraction of sp³-hybridized carbons (Fsp3) is 0.657. The predicted molar refractivity (Wildman–Crippen MR) is 220 cm³/mol. The molecule has 3 aliphatic heterocycles. The van der Waals surface area contributed by atoms with E-state index in [4.69, 9.17) is 49.5 Å². The SMILES string of the molecule is CC1(C)OCC(Cn2ccc(N)n2)O1.CC1(C)OCC(Cn2ccc([N+](=O)[O-])n2)O1.COC(C)(C)OC.O=[N+]([O-])c1ccn(CC(O)CO)n1.O=[N+]([O-])c1ccn[nH]1.OCC1CO1.[HH]. The molecule has 7 rings (SSSR count). The molecule has 28 nitrogen and oxygen atoms in total. The summed E-state index contributed by atoms with van der Waals surface area (Å²) >= 11 is 0. The Bertz CT molecular complexity index is 1930. The molecule has 0 aromatic carbocycles. The van der Waals surface area contributed by atoms with Gasteiger partial charge in [-0.1, -0.05) is 5.10 Å². The molecular weight excluding hydrogens is 844 g/mol. The molecule has 0 radical (unpaired) electrons. The first-order chi connectivity index (χ1) is 29.5. The van der Waals surface area contributed by atoms with E-state index in [0.29, 0.717) is 32.1 Å². The molecule has 28 heteroatoms. The molecule has 6 N–H and O–H groups in total. The number of rotatable bonds is 13. The van der Waals surface area contributed by atoms with Crippen molar-refractivity contribution in [3.8, 4) is 0 Å². The third-order valence-electron chi connectivity index (χ3n) is 8.09. The first kappa shape index (κ1) is 53.6. The van der Waals surface area contributed by atoms with E-state index in [1.165, 1.54) is 40.0 Å². The molecule has 0 spiro atoms. The van der Waals surface area contributed by atoms with Gasteiger partial charge in [-0.05, 0) is 62.4 Å². The number of aliphatic hydroxyl groups is 3. The van der Waals surface area contributed by atoms with Crippen molar-refractivity contribution in [1.29, 1.82) is 0 Å². The number of hydrogen-bond donors (Lipinski definition) is 5. The first-order valence-electron chi connectivity index (χ1n) is 19.0. The highest BCUT2D eigenvalue weighted by atomic mass is 16.7. The van der Waals surface area contributed by atoms with Crippen LogP contribution in [0.5, 0.6) is 0 Å². The summed E-state index contributed by atoms with van der Waals surface area (Å²) in [6.45, 7) is 14.0. The number of methoxy groups -OCH3 is 2. The van der Waals surface area contributed by atoms with Gasteiger partial charge >= 0.3 is 17.5 Å². The molecule has 0 bridgehead atoms. The minimum atomic E-state index is -0.945. The molecule has 4 aromatic rings. The largest absolute Gasteiger partial charge is 0.394 e. The minimum absolute atomic E-state index is 0. The van der Waals surface area contributed by atoms with Crippen molar-refractivity contribution in [3.05, 3.63) is 79.4 Å². The van der Waals surface area contributed by atoms with E-state index in [1.807, 2.05) is 47.7 Å². The van der Waals surface area contributed by atoms with Gasteiger partial charge in [-0.3, -0.25) is 4.68 Å². The van der Waals surface area contributed by atoms with Gasteiger partial charge in [-0.2, -0.15) is 14.5 Å². The van der Waals surface area contributed by atoms with Crippen LogP contribution in [0, 0.1) is 30.3 Å². The van der Waals surface area contributed by atoms with E-state index < -0.39 is 44.8 Å². The zero-order valence-electron chi connectivity index (χ0n) is 36.3. The summed E-state index contributed by atoms with van der Waals surface area (Å²) in [5.41, 5.74) is 5.50. The Morgan fingerprint density at radius 1 is 0.825 bits per heavy atom. The van der Waals surface area contributed by atoms with E-state index in [-0.39, 0.29) is 50.3 Å². The van der Waals surface area contributed by atoms with Crippen LogP contribution in [0.15, 0.2) is 49.1 Å². The molecule has 356 valence electrons. The van der Waals surface area contributed by atoms with Gasteiger partial charge in [0.05, 0.1) is 106 Å². The Morgan fingerprint density at radius 2 is 1.30 bits per heavy atom. The lowest BCUT2D eigenvalue weighted by Crippen LogP contribution is -2.24. The monoisotopic (exact) mass is 904 g/mol. The number of nitrogens with two attached hydrogens (primary N) is 1. The highest BCUT2D eigenvalue weighted by molar-refractivity contribution is 5.23. The average molecular weight is 905 g/mol. The van der Waals surface area contributed by atoms with Crippen LogP contribution in [0.2, 0.25) is 0 Å². The van der Waals surface area contributed by atoms with E-state index in [9.17, 15) is 30.3 Å². The molecule has 3 fully saturated rings.